The lowest BCUT2D eigenvalue weighted by Crippen LogP contribution is -2.31. The largest absolute Gasteiger partial charge is 0.391 e. The van der Waals surface area contributed by atoms with E-state index < -0.39 is 17.6 Å². The summed E-state index contributed by atoms with van der Waals surface area (Å²) in [6.07, 6.45) is 9.85. The number of ketones is 1. The number of fused-ring (bicyclic) bond motifs is 1. The molecule has 0 bridgehead atoms. The molecule has 1 fully saturated rings. The fourth-order valence-corrected chi connectivity index (χ4v) is 5.81. The second-order valence-electron chi connectivity index (χ2n) is 9.55. The Morgan fingerprint density at radius 1 is 1.26 bits per heavy atom. The topological polar surface area (TPSA) is 112 Å². The molecule has 0 saturated heterocycles. The van der Waals surface area contributed by atoms with E-state index in [9.17, 15) is 15.0 Å². The maximum atomic E-state index is 13.0. The van der Waals surface area contributed by atoms with Crippen LogP contribution in [0.25, 0.3) is 10.1 Å². The number of hydrogen-bond donors (Lipinski definition) is 3. The molecule has 3 N–H and O–H groups in total. The third kappa shape index (κ3) is 5.51. The minimum Gasteiger partial charge on any atom is -0.391 e. The molecule has 0 radical (unpaired) electrons. The Hall–Kier alpha value is -2.68. The van der Waals surface area contributed by atoms with E-state index in [0.29, 0.717) is 18.7 Å². The Bertz CT molecular complexity index is 1120. The third-order valence-electron chi connectivity index (χ3n) is 6.70. The van der Waals surface area contributed by atoms with Crippen molar-refractivity contribution in [3.63, 3.8) is 0 Å². The van der Waals surface area contributed by atoms with Crippen LogP contribution in [0.2, 0.25) is 0 Å². The molecule has 180 valence electrons. The maximum Gasteiger partial charge on any atom is 0.174 e. The van der Waals surface area contributed by atoms with Gasteiger partial charge >= 0.3 is 0 Å². The SMILES string of the molecule is CC1(C)C(=O)[C@H](C/C=C\CCCc2nn[nH]n2)[C@@H](/C=C/C(O)Cc2cc3ccccc3s2)[C@@H]1O. The molecule has 2 aromatic heterocycles. The lowest BCUT2D eigenvalue weighted by molar-refractivity contribution is -0.129. The zero-order chi connectivity index (χ0) is 24.1. The summed E-state index contributed by atoms with van der Waals surface area (Å²) < 4.78 is 1.20. The average Bonchev–Trinajstić information content (AvgIpc) is 3.51. The number of H-pyrrole nitrogens is 1. The normalized spacial score (nSPS) is 23.5. The number of tetrazole rings is 1. The van der Waals surface area contributed by atoms with Crippen molar-refractivity contribution in [1.82, 2.24) is 20.6 Å². The predicted molar refractivity (Wildman–Crippen MR) is 133 cm³/mol. The smallest absolute Gasteiger partial charge is 0.174 e. The molecule has 34 heavy (non-hydrogen) atoms. The molecule has 1 saturated carbocycles. The van der Waals surface area contributed by atoms with E-state index in [0.717, 1.165) is 24.1 Å². The van der Waals surface area contributed by atoms with E-state index in [2.05, 4.69) is 44.9 Å². The number of rotatable bonds is 10. The number of benzene rings is 1. The van der Waals surface area contributed by atoms with Crippen LogP contribution in [0.15, 0.2) is 54.6 Å². The summed E-state index contributed by atoms with van der Waals surface area (Å²) in [5.41, 5.74) is -0.803. The number of thiophene rings is 1. The Labute approximate surface area is 203 Å². The van der Waals surface area contributed by atoms with Crippen LogP contribution in [0.5, 0.6) is 0 Å². The Balaban J connectivity index is 1.35. The van der Waals surface area contributed by atoms with E-state index in [1.807, 2.05) is 38.1 Å². The predicted octanol–water partition coefficient (Wildman–Crippen LogP) is 4.05. The number of allylic oxidation sites excluding steroid dienone is 2. The van der Waals surface area contributed by atoms with E-state index in [-0.39, 0.29) is 17.6 Å². The monoisotopic (exact) mass is 480 g/mol. The van der Waals surface area contributed by atoms with Gasteiger partial charge in [-0.05, 0) is 36.8 Å². The number of hydrogen-bond acceptors (Lipinski definition) is 7. The molecule has 8 heteroatoms. The van der Waals surface area contributed by atoms with Gasteiger partial charge in [0, 0.05) is 34.3 Å². The van der Waals surface area contributed by atoms with Crippen molar-refractivity contribution in [3.05, 3.63) is 65.3 Å². The van der Waals surface area contributed by atoms with Crippen molar-refractivity contribution in [2.75, 3.05) is 0 Å². The number of aromatic nitrogens is 4. The molecule has 1 aromatic carbocycles. The summed E-state index contributed by atoms with van der Waals surface area (Å²) in [7, 11) is 0. The second-order valence-corrected chi connectivity index (χ2v) is 10.7. The number of aromatic amines is 1. The number of carbonyl (C=O) groups excluding carboxylic acids is 1. The molecule has 3 aromatic rings. The first-order chi connectivity index (χ1) is 16.4. The molecule has 0 spiro atoms. The van der Waals surface area contributed by atoms with Crippen LogP contribution in [0, 0.1) is 17.3 Å². The molecular formula is C26H32N4O3S. The number of Topliss-reactive ketones (excluding diaryl/α,β-unsaturated/α-hetero) is 1. The number of nitrogens with one attached hydrogen (secondary N) is 1. The van der Waals surface area contributed by atoms with Crippen LogP contribution in [0.4, 0.5) is 0 Å². The molecule has 1 aliphatic carbocycles. The number of nitrogens with zero attached hydrogens (tertiary/aromatic N) is 3. The fourth-order valence-electron chi connectivity index (χ4n) is 4.70. The van der Waals surface area contributed by atoms with Gasteiger partial charge in [-0.15, -0.1) is 21.5 Å². The van der Waals surface area contributed by atoms with E-state index in [1.165, 1.54) is 10.1 Å². The van der Waals surface area contributed by atoms with Crippen molar-refractivity contribution in [2.24, 2.45) is 17.3 Å². The molecule has 7 nitrogen and oxygen atoms in total. The van der Waals surface area contributed by atoms with Gasteiger partial charge in [-0.1, -0.05) is 61.6 Å². The van der Waals surface area contributed by atoms with Crippen LogP contribution in [-0.4, -0.2) is 48.8 Å². The van der Waals surface area contributed by atoms with Crippen molar-refractivity contribution >= 4 is 27.2 Å². The van der Waals surface area contributed by atoms with Gasteiger partial charge in [0.2, 0.25) is 0 Å². The highest BCUT2D eigenvalue weighted by molar-refractivity contribution is 7.19. The van der Waals surface area contributed by atoms with Crippen LogP contribution in [-0.2, 0) is 17.6 Å². The van der Waals surface area contributed by atoms with Crippen molar-refractivity contribution < 1.29 is 15.0 Å². The Morgan fingerprint density at radius 2 is 2.09 bits per heavy atom. The molecule has 2 heterocycles. The highest BCUT2D eigenvalue weighted by atomic mass is 32.1. The summed E-state index contributed by atoms with van der Waals surface area (Å²) in [5, 5.41) is 36.6. The van der Waals surface area contributed by atoms with E-state index in [4.69, 9.17) is 0 Å². The second kappa shape index (κ2) is 10.7. The van der Waals surface area contributed by atoms with Gasteiger partial charge in [-0.2, -0.15) is 5.21 Å². The molecule has 4 rings (SSSR count). The van der Waals surface area contributed by atoms with Crippen molar-refractivity contribution in [1.29, 1.82) is 0 Å². The van der Waals surface area contributed by atoms with Crippen LogP contribution in [0.1, 0.15) is 43.8 Å². The van der Waals surface area contributed by atoms with Crippen molar-refractivity contribution in [2.45, 2.75) is 58.2 Å². The van der Waals surface area contributed by atoms with Crippen LogP contribution < -0.4 is 0 Å². The summed E-state index contributed by atoms with van der Waals surface area (Å²) in [6, 6.07) is 10.3. The van der Waals surface area contributed by atoms with Gasteiger partial charge < -0.3 is 10.2 Å². The molecule has 1 unspecified atom stereocenters. The number of unbranched alkanes of at least 4 members (excludes halogenated alkanes) is 1. The van der Waals surface area contributed by atoms with E-state index in [1.54, 1.807) is 17.4 Å². The first-order valence-corrected chi connectivity index (χ1v) is 12.6. The molecule has 0 amide bonds. The van der Waals surface area contributed by atoms with Gasteiger partial charge in [0.05, 0.1) is 17.6 Å². The summed E-state index contributed by atoms with van der Waals surface area (Å²) in [5.74, 6) is 0.156. The van der Waals surface area contributed by atoms with Gasteiger partial charge in [0.1, 0.15) is 5.78 Å². The summed E-state index contributed by atoms with van der Waals surface area (Å²) in [6.45, 7) is 3.62. The third-order valence-corrected chi connectivity index (χ3v) is 7.84. The maximum absolute atomic E-state index is 13.0. The quantitative estimate of drug-likeness (QED) is 0.298. The number of aryl methyl sites for hydroxylation is 1. The van der Waals surface area contributed by atoms with E-state index >= 15 is 0 Å². The lowest BCUT2D eigenvalue weighted by Gasteiger charge is -2.22. The Kier molecular flexibility index (Phi) is 7.70. The standard InChI is InChI=1S/C26H32N4O3S/c1-26(2)24(32)20(10-5-3-4-6-12-23-27-29-30-28-23)21(25(26)33)14-13-18(31)16-19-15-17-9-7-8-11-22(17)34-19/h3,5,7-9,11,13-15,18,20-21,25,31,33H,4,6,10,12,16H2,1-2H3,(H,27,28,29,30)/b5-3-,14-13+/t18?,20-,21-,25+/m1/s1. The highest BCUT2D eigenvalue weighted by Gasteiger charge is 2.52. The molecule has 4 atom stereocenters. The van der Waals surface area contributed by atoms with Crippen LogP contribution in [0.3, 0.4) is 0 Å². The first kappa shape index (κ1) is 24.4. The number of carbonyl (C=O) groups is 1. The highest BCUT2D eigenvalue weighted by Crippen LogP contribution is 2.44. The molecule has 0 aliphatic heterocycles. The first-order valence-electron chi connectivity index (χ1n) is 11.8. The van der Waals surface area contributed by atoms with Gasteiger partial charge in [-0.25, -0.2) is 0 Å². The summed E-state index contributed by atoms with van der Waals surface area (Å²) in [4.78, 5) is 14.2. The van der Waals surface area contributed by atoms with Gasteiger partial charge in [0.25, 0.3) is 0 Å². The molecular weight excluding hydrogens is 448 g/mol. The Morgan fingerprint density at radius 3 is 2.85 bits per heavy atom. The van der Waals surface area contributed by atoms with Gasteiger partial charge in [-0.3, -0.25) is 4.79 Å². The van der Waals surface area contributed by atoms with Crippen molar-refractivity contribution in [3.8, 4) is 0 Å². The fraction of sp³-hybridized carbons (Fsp3) is 0.462. The number of aliphatic hydroxyl groups excluding tert-OH is 2. The lowest BCUT2D eigenvalue weighted by atomic mass is 9.86. The zero-order valence-electron chi connectivity index (χ0n) is 19.6. The minimum absolute atomic E-state index is 0.0742. The summed E-state index contributed by atoms with van der Waals surface area (Å²) >= 11 is 1.68. The van der Waals surface area contributed by atoms with Gasteiger partial charge in [0.15, 0.2) is 5.82 Å². The van der Waals surface area contributed by atoms with Crippen LogP contribution >= 0.6 is 11.3 Å². The molecule has 1 aliphatic rings. The number of aliphatic hydroxyl groups is 2. The minimum atomic E-state index is -0.803. The average molecular weight is 481 g/mol. The zero-order valence-corrected chi connectivity index (χ0v) is 20.4.